The highest BCUT2D eigenvalue weighted by Gasteiger charge is 2.02. The summed E-state index contributed by atoms with van der Waals surface area (Å²) in [7, 11) is 3.15. The third-order valence-electron chi connectivity index (χ3n) is 2.28. The molecule has 0 heterocycles. The number of rotatable bonds is 6. The molecule has 0 aliphatic heterocycles. The van der Waals surface area contributed by atoms with Crippen molar-refractivity contribution in [3.8, 4) is 11.5 Å². The zero-order chi connectivity index (χ0) is 13.4. The van der Waals surface area contributed by atoms with Crippen LogP contribution in [0.25, 0.3) is 6.08 Å². The first-order valence-corrected chi connectivity index (χ1v) is 5.59. The highest BCUT2D eigenvalue weighted by atomic mass is 16.5. The van der Waals surface area contributed by atoms with Gasteiger partial charge in [-0.3, -0.25) is 4.79 Å². The van der Waals surface area contributed by atoms with Crippen LogP contribution >= 0.6 is 0 Å². The maximum atomic E-state index is 11.3. The lowest BCUT2D eigenvalue weighted by molar-refractivity contribution is -0.116. The summed E-state index contributed by atoms with van der Waals surface area (Å²) in [6.45, 7) is 0.894. The molecule has 5 heteroatoms. The average Bonchev–Trinajstić information content (AvgIpc) is 2.42. The molecule has 5 nitrogen and oxygen atoms in total. The lowest BCUT2D eigenvalue weighted by Crippen LogP contribution is -2.27. The number of nitrogens with two attached hydrogens (primary N) is 1. The van der Waals surface area contributed by atoms with Crippen molar-refractivity contribution in [2.45, 2.75) is 0 Å². The number of nitrogens with one attached hydrogen (secondary N) is 1. The fourth-order valence-corrected chi connectivity index (χ4v) is 1.38. The second-order valence-electron chi connectivity index (χ2n) is 3.53. The first-order valence-electron chi connectivity index (χ1n) is 5.59. The van der Waals surface area contributed by atoms with Crippen LogP contribution in [0.3, 0.4) is 0 Å². The van der Waals surface area contributed by atoms with Crippen molar-refractivity contribution in [2.24, 2.45) is 5.73 Å². The molecule has 0 bridgehead atoms. The van der Waals surface area contributed by atoms with E-state index in [1.54, 1.807) is 32.4 Å². The van der Waals surface area contributed by atoms with Gasteiger partial charge in [0.05, 0.1) is 14.2 Å². The summed E-state index contributed by atoms with van der Waals surface area (Å²) < 4.78 is 10.3. The molecule has 98 valence electrons. The van der Waals surface area contributed by atoms with Gasteiger partial charge in [-0.1, -0.05) is 6.07 Å². The molecule has 0 atom stereocenters. The molecule has 1 aromatic carbocycles. The van der Waals surface area contributed by atoms with Gasteiger partial charge in [0.15, 0.2) is 11.5 Å². The van der Waals surface area contributed by atoms with E-state index in [0.717, 1.165) is 5.56 Å². The van der Waals surface area contributed by atoms with E-state index in [1.807, 2.05) is 6.07 Å². The molecule has 0 unspecified atom stereocenters. The summed E-state index contributed by atoms with van der Waals surface area (Å²) in [5.41, 5.74) is 6.14. The Bertz CT molecular complexity index is 430. The Balaban J connectivity index is 2.73. The van der Waals surface area contributed by atoms with Crippen molar-refractivity contribution in [1.29, 1.82) is 0 Å². The summed E-state index contributed by atoms with van der Waals surface area (Å²) in [6, 6.07) is 5.43. The fourth-order valence-electron chi connectivity index (χ4n) is 1.38. The van der Waals surface area contributed by atoms with Gasteiger partial charge in [0.2, 0.25) is 5.91 Å². The zero-order valence-corrected chi connectivity index (χ0v) is 10.6. The Morgan fingerprint density at radius 2 is 2.06 bits per heavy atom. The van der Waals surface area contributed by atoms with Gasteiger partial charge in [-0.05, 0) is 23.8 Å². The molecule has 1 amide bonds. The van der Waals surface area contributed by atoms with E-state index in [9.17, 15) is 4.79 Å². The zero-order valence-electron chi connectivity index (χ0n) is 10.6. The van der Waals surface area contributed by atoms with Crippen molar-refractivity contribution in [1.82, 2.24) is 5.32 Å². The molecule has 1 rings (SSSR count). The molecule has 0 saturated carbocycles. The number of carbonyl (C=O) groups is 1. The number of hydrogen-bond donors (Lipinski definition) is 2. The van der Waals surface area contributed by atoms with E-state index in [0.29, 0.717) is 24.6 Å². The second kappa shape index (κ2) is 7.34. The summed E-state index contributed by atoms with van der Waals surface area (Å²) in [4.78, 5) is 11.3. The largest absolute Gasteiger partial charge is 0.493 e. The standard InChI is InChI=1S/C13H18N2O3/c1-17-11-5-3-10(9-12(11)18-2)4-6-13(16)15-8-7-14/h3-6,9H,7-8,14H2,1-2H3,(H,15,16). The van der Waals surface area contributed by atoms with Gasteiger partial charge < -0.3 is 20.5 Å². The first kappa shape index (κ1) is 14.1. The molecule has 3 N–H and O–H groups in total. The van der Waals surface area contributed by atoms with Crippen molar-refractivity contribution in [3.05, 3.63) is 29.8 Å². The second-order valence-corrected chi connectivity index (χ2v) is 3.53. The third-order valence-corrected chi connectivity index (χ3v) is 2.28. The van der Waals surface area contributed by atoms with Gasteiger partial charge in [-0.25, -0.2) is 0 Å². The maximum absolute atomic E-state index is 11.3. The highest BCUT2D eigenvalue weighted by Crippen LogP contribution is 2.27. The molecule has 1 aromatic rings. The van der Waals surface area contributed by atoms with Crippen molar-refractivity contribution in [3.63, 3.8) is 0 Å². The van der Waals surface area contributed by atoms with E-state index in [4.69, 9.17) is 15.2 Å². The molecule has 0 aromatic heterocycles. The Hall–Kier alpha value is -2.01. The number of benzene rings is 1. The van der Waals surface area contributed by atoms with E-state index >= 15 is 0 Å². The number of hydrogen-bond acceptors (Lipinski definition) is 4. The van der Waals surface area contributed by atoms with Crippen LogP contribution in [0.2, 0.25) is 0 Å². The van der Waals surface area contributed by atoms with Crippen LogP contribution < -0.4 is 20.5 Å². The monoisotopic (exact) mass is 250 g/mol. The minimum Gasteiger partial charge on any atom is -0.493 e. The minimum atomic E-state index is -0.171. The Kier molecular flexibility index (Phi) is 5.73. The smallest absolute Gasteiger partial charge is 0.244 e. The molecule has 0 aliphatic rings. The molecule has 18 heavy (non-hydrogen) atoms. The van der Waals surface area contributed by atoms with E-state index in [1.165, 1.54) is 6.08 Å². The summed E-state index contributed by atoms with van der Waals surface area (Å²) in [5, 5.41) is 2.65. The van der Waals surface area contributed by atoms with Crippen LogP contribution in [0.5, 0.6) is 11.5 Å². The van der Waals surface area contributed by atoms with Gasteiger partial charge in [0.1, 0.15) is 0 Å². The van der Waals surface area contributed by atoms with Gasteiger partial charge in [0, 0.05) is 19.2 Å². The predicted molar refractivity (Wildman–Crippen MR) is 70.6 cm³/mol. The number of ether oxygens (including phenoxy) is 2. The molecule has 0 radical (unpaired) electrons. The Labute approximate surface area is 107 Å². The number of carbonyl (C=O) groups excluding carboxylic acids is 1. The summed E-state index contributed by atoms with van der Waals surface area (Å²) in [6.07, 6.45) is 3.16. The first-order chi connectivity index (χ1) is 8.71. The van der Waals surface area contributed by atoms with Crippen LogP contribution in [0.4, 0.5) is 0 Å². The topological polar surface area (TPSA) is 73.6 Å². The van der Waals surface area contributed by atoms with E-state index < -0.39 is 0 Å². The van der Waals surface area contributed by atoms with Crippen molar-refractivity contribution >= 4 is 12.0 Å². The van der Waals surface area contributed by atoms with Crippen LogP contribution in [0.15, 0.2) is 24.3 Å². The third kappa shape index (κ3) is 4.10. The molecule has 0 fully saturated rings. The molecular weight excluding hydrogens is 232 g/mol. The fraction of sp³-hybridized carbons (Fsp3) is 0.308. The van der Waals surface area contributed by atoms with Gasteiger partial charge >= 0.3 is 0 Å². The quantitative estimate of drug-likeness (QED) is 0.732. The normalized spacial score (nSPS) is 10.4. The number of methoxy groups -OCH3 is 2. The molecule has 0 aliphatic carbocycles. The maximum Gasteiger partial charge on any atom is 0.244 e. The Morgan fingerprint density at radius 3 is 2.67 bits per heavy atom. The average molecular weight is 250 g/mol. The van der Waals surface area contributed by atoms with Gasteiger partial charge in [0.25, 0.3) is 0 Å². The van der Waals surface area contributed by atoms with Crippen LogP contribution in [-0.2, 0) is 4.79 Å². The SMILES string of the molecule is COc1ccc(C=CC(=O)NCCN)cc1OC. The van der Waals surface area contributed by atoms with Gasteiger partial charge in [-0.15, -0.1) is 0 Å². The Morgan fingerprint density at radius 1 is 1.33 bits per heavy atom. The van der Waals surface area contributed by atoms with Gasteiger partial charge in [-0.2, -0.15) is 0 Å². The minimum absolute atomic E-state index is 0.171. The van der Waals surface area contributed by atoms with Crippen LogP contribution in [0.1, 0.15) is 5.56 Å². The number of amides is 1. The van der Waals surface area contributed by atoms with Crippen molar-refractivity contribution < 1.29 is 14.3 Å². The highest BCUT2D eigenvalue weighted by molar-refractivity contribution is 5.91. The lowest BCUT2D eigenvalue weighted by atomic mass is 10.2. The van der Waals surface area contributed by atoms with E-state index in [-0.39, 0.29) is 5.91 Å². The van der Waals surface area contributed by atoms with Crippen molar-refractivity contribution in [2.75, 3.05) is 27.3 Å². The summed E-state index contributed by atoms with van der Waals surface area (Å²) >= 11 is 0. The summed E-state index contributed by atoms with van der Waals surface area (Å²) in [5.74, 6) is 1.11. The van der Waals surface area contributed by atoms with Crippen LogP contribution in [0, 0.1) is 0 Å². The predicted octanol–water partition coefficient (Wildman–Crippen LogP) is 0.792. The van der Waals surface area contributed by atoms with Crippen LogP contribution in [-0.4, -0.2) is 33.2 Å². The molecule has 0 spiro atoms. The molecular formula is C13H18N2O3. The molecule has 0 saturated heterocycles. The lowest BCUT2D eigenvalue weighted by Gasteiger charge is -2.07. The van der Waals surface area contributed by atoms with E-state index in [2.05, 4.69) is 5.32 Å².